The number of rotatable bonds is 8. The molecule has 1 N–H and O–H groups in total. The van der Waals surface area contributed by atoms with Crippen molar-refractivity contribution in [2.24, 2.45) is 11.8 Å². The zero-order chi connectivity index (χ0) is 26.2. The van der Waals surface area contributed by atoms with Crippen LogP contribution in [0.25, 0.3) is 0 Å². The fraction of sp³-hybridized carbons (Fsp3) is 0.429. The number of carbonyl (C=O) groups is 4. The van der Waals surface area contributed by atoms with E-state index < -0.39 is 35.3 Å². The molecule has 2 saturated heterocycles. The predicted octanol–water partition coefficient (Wildman–Crippen LogP) is 3.51. The molecule has 190 valence electrons. The van der Waals surface area contributed by atoms with Crippen molar-refractivity contribution in [3.05, 3.63) is 59.7 Å². The third-order valence-electron chi connectivity index (χ3n) is 7.22. The number of ether oxygens (including phenoxy) is 1. The number of esters is 1. The molecule has 4 rings (SSSR count). The monoisotopic (exact) mass is 491 g/mol. The van der Waals surface area contributed by atoms with Gasteiger partial charge in [0.1, 0.15) is 5.54 Å². The van der Waals surface area contributed by atoms with Crippen LogP contribution >= 0.6 is 0 Å². The van der Waals surface area contributed by atoms with Crippen molar-refractivity contribution in [3.8, 4) is 0 Å². The van der Waals surface area contributed by atoms with E-state index >= 15 is 0 Å². The maximum absolute atomic E-state index is 14.0. The Kier molecular flexibility index (Phi) is 7.00. The van der Waals surface area contributed by atoms with E-state index in [0.717, 1.165) is 16.2 Å². The lowest BCUT2D eigenvalue weighted by molar-refractivity contribution is -0.155. The van der Waals surface area contributed by atoms with Gasteiger partial charge < -0.3 is 9.64 Å². The SMILES string of the molecule is CCCC1(C(=O)OCC)NC(c2ccc(N(C)C)cc2)C2C(=O)N(c3cccc(C(C)=O)c3)C(=O)C21. The molecule has 4 unspecified atom stereocenters. The lowest BCUT2D eigenvalue weighted by Crippen LogP contribution is -2.56. The van der Waals surface area contributed by atoms with Gasteiger partial charge >= 0.3 is 5.97 Å². The van der Waals surface area contributed by atoms with Gasteiger partial charge in [-0.1, -0.05) is 37.6 Å². The van der Waals surface area contributed by atoms with Gasteiger partial charge in [-0.3, -0.25) is 24.5 Å². The van der Waals surface area contributed by atoms with Gasteiger partial charge in [0.25, 0.3) is 0 Å². The van der Waals surface area contributed by atoms with E-state index in [0.29, 0.717) is 24.1 Å². The number of ketones is 1. The predicted molar refractivity (Wildman–Crippen MR) is 137 cm³/mol. The molecule has 0 radical (unpaired) electrons. The zero-order valence-electron chi connectivity index (χ0n) is 21.4. The van der Waals surface area contributed by atoms with Gasteiger partial charge in [0.05, 0.1) is 24.1 Å². The van der Waals surface area contributed by atoms with Crippen LogP contribution in [-0.4, -0.2) is 49.8 Å². The van der Waals surface area contributed by atoms with E-state index in [1.54, 1.807) is 31.2 Å². The van der Waals surface area contributed by atoms with Crippen LogP contribution in [0.3, 0.4) is 0 Å². The second-order valence-electron chi connectivity index (χ2n) is 9.67. The first-order valence-electron chi connectivity index (χ1n) is 12.4. The summed E-state index contributed by atoms with van der Waals surface area (Å²) >= 11 is 0. The van der Waals surface area contributed by atoms with Crippen LogP contribution in [0.4, 0.5) is 11.4 Å². The third-order valence-corrected chi connectivity index (χ3v) is 7.22. The summed E-state index contributed by atoms with van der Waals surface area (Å²) in [6.07, 6.45) is 0.961. The molecule has 2 aromatic carbocycles. The number of hydrogen-bond acceptors (Lipinski definition) is 7. The quantitative estimate of drug-likeness (QED) is 0.343. The Labute approximate surface area is 211 Å². The Hall–Kier alpha value is -3.52. The van der Waals surface area contributed by atoms with Gasteiger partial charge in [0.2, 0.25) is 11.8 Å². The summed E-state index contributed by atoms with van der Waals surface area (Å²) in [5.41, 5.74) is 1.22. The molecule has 0 aromatic heterocycles. The molecule has 4 atom stereocenters. The molecule has 2 fully saturated rings. The highest BCUT2D eigenvalue weighted by Crippen LogP contribution is 2.51. The van der Waals surface area contributed by atoms with E-state index in [2.05, 4.69) is 5.32 Å². The molecule has 0 aliphatic carbocycles. The van der Waals surface area contributed by atoms with Crippen molar-refractivity contribution >= 4 is 34.9 Å². The van der Waals surface area contributed by atoms with Crippen LogP contribution in [-0.2, 0) is 19.1 Å². The Morgan fingerprint density at radius 3 is 2.33 bits per heavy atom. The molecule has 0 spiro atoms. The summed E-state index contributed by atoms with van der Waals surface area (Å²) in [6, 6.07) is 13.7. The third kappa shape index (κ3) is 4.09. The maximum Gasteiger partial charge on any atom is 0.327 e. The first-order valence-corrected chi connectivity index (χ1v) is 12.4. The largest absolute Gasteiger partial charge is 0.465 e. The average molecular weight is 492 g/mol. The van der Waals surface area contributed by atoms with Gasteiger partial charge in [0.15, 0.2) is 5.78 Å². The highest BCUT2D eigenvalue weighted by molar-refractivity contribution is 6.24. The molecule has 2 aliphatic rings. The van der Waals surface area contributed by atoms with E-state index in [-0.39, 0.29) is 18.3 Å². The van der Waals surface area contributed by atoms with Crippen LogP contribution in [0.2, 0.25) is 0 Å². The second kappa shape index (κ2) is 9.85. The Bertz CT molecular complexity index is 1190. The molecule has 2 heterocycles. The lowest BCUT2D eigenvalue weighted by atomic mass is 9.77. The normalized spacial score (nSPS) is 25.1. The minimum absolute atomic E-state index is 0.163. The van der Waals surface area contributed by atoms with Gasteiger partial charge in [-0.25, -0.2) is 4.90 Å². The van der Waals surface area contributed by atoms with E-state index in [4.69, 9.17) is 4.74 Å². The van der Waals surface area contributed by atoms with Crippen LogP contribution in [0, 0.1) is 11.8 Å². The molecular weight excluding hydrogens is 458 g/mol. The zero-order valence-corrected chi connectivity index (χ0v) is 21.4. The molecule has 2 aromatic rings. The van der Waals surface area contributed by atoms with Crippen molar-refractivity contribution in [1.82, 2.24) is 5.32 Å². The van der Waals surface area contributed by atoms with Crippen LogP contribution in [0.5, 0.6) is 0 Å². The summed E-state index contributed by atoms with van der Waals surface area (Å²) < 4.78 is 5.47. The number of imide groups is 1. The molecule has 8 heteroatoms. The van der Waals surface area contributed by atoms with Gasteiger partial charge in [-0.05, 0) is 50.1 Å². The smallest absolute Gasteiger partial charge is 0.327 e. The summed E-state index contributed by atoms with van der Waals surface area (Å²) in [6.45, 7) is 5.26. The minimum atomic E-state index is -1.33. The van der Waals surface area contributed by atoms with Crippen molar-refractivity contribution in [1.29, 1.82) is 0 Å². The number of hydrogen-bond donors (Lipinski definition) is 1. The average Bonchev–Trinajstić information content (AvgIpc) is 3.33. The molecule has 2 amide bonds. The fourth-order valence-electron chi connectivity index (χ4n) is 5.56. The Balaban J connectivity index is 1.84. The Morgan fingerprint density at radius 1 is 1.06 bits per heavy atom. The number of Topliss-reactive ketones (excluding diaryl/α,β-unsaturated/α-hetero) is 1. The van der Waals surface area contributed by atoms with Crippen LogP contribution in [0.1, 0.15) is 55.6 Å². The molecule has 0 bridgehead atoms. The van der Waals surface area contributed by atoms with E-state index in [1.807, 2.05) is 50.2 Å². The first kappa shape index (κ1) is 25.6. The van der Waals surface area contributed by atoms with Gasteiger partial charge in [-0.2, -0.15) is 0 Å². The van der Waals surface area contributed by atoms with Crippen molar-refractivity contribution in [3.63, 3.8) is 0 Å². The van der Waals surface area contributed by atoms with Crippen LogP contribution in [0.15, 0.2) is 48.5 Å². The van der Waals surface area contributed by atoms with Crippen molar-refractivity contribution in [2.75, 3.05) is 30.5 Å². The highest BCUT2D eigenvalue weighted by Gasteiger charge is 2.68. The van der Waals surface area contributed by atoms with E-state index in [9.17, 15) is 19.2 Å². The molecule has 36 heavy (non-hydrogen) atoms. The number of carbonyl (C=O) groups excluding carboxylic acids is 4. The number of nitrogens with one attached hydrogen (secondary N) is 1. The van der Waals surface area contributed by atoms with Crippen molar-refractivity contribution in [2.45, 2.75) is 45.2 Å². The number of anilines is 2. The number of nitrogens with zero attached hydrogens (tertiary/aromatic N) is 2. The minimum Gasteiger partial charge on any atom is -0.465 e. The van der Waals surface area contributed by atoms with Gasteiger partial charge in [-0.15, -0.1) is 0 Å². The maximum atomic E-state index is 14.0. The lowest BCUT2D eigenvalue weighted by Gasteiger charge is -2.32. The molecule has 0 saturated carbocycles. The first-order chi connectivity index (χ1) is 17.2. The summed E-state index contributed by atoms with van der Waals surface area (Å²) in [5.74, 6) is -3.24. The molecular formula is C28H33N3O5. The Morgan fingerprint density at radius 2 is 1.75 bits per heavy atom. The summed E-state index contributed by atoms with van der Waals surface area (Å²) in [4.78, 5) is 56.4. The summed E-state index contributed by atoms with van der Waals surface area (Å²) in [7, 11) is 3.89. The number of fused-ring (bicyclic) bond motifs is 1. The molecule has 2 aliphatic heterocycles. The number of benzene rings is 2. The van der Waals surface area contributed by atoms with Crippen LogP contribution < -0.4 is 15.1 Å². The number of amides is 2. The summed E-state index contributed by atoms with van der Waals surface area (Å²) in [5, 5.41) is 3.41. The molecule has 8 nitrogen and oxygen atoms in total. The topological polar surface area (TPSA) is 96.0 Å². The van der Waals surface area contributed by atoms with Crippen molar-refractivity contribution < 1.29 is 23.9 Å². The standard InChI is InChI=1S/C28H33N3O5/c1-6-15-28(27(35)36-7-2)23-22(24(29-28)18-11-13-20(14-12-18)30(4)5)25(33)31(26(23)34)21-10-8-9-19(16-21)17(3)32/h8-14,16,22-24,29H,6-7,15H2,1-5H3. The van der Waals surface area contributed by atoms with Gasteiger partial charge in [0, 0.05) is 31.4 Å². The highest BCUT2D eigenvalue weighted by atomic mass is 16.5. The fourth-order valence-corrected chi connectivity index (χ4v) is 5.56. The second-order valence-corrected chi connectivity index (χ2v) is 9.67. The van der Waals surface area contributed by atoms with E-state index in [1.165, 1.54) is 6.92 Å².